The van der Waals surface area contributed by atoms with Gasteiger partial charge in [0, 0.05) is 5.56 Å². The molecule has 0 saturated carbocycles. The number of aromatic hydroxyl groups is 1. The summed E-state index contributed by atoms with van der Waals surface area (Å²) in [5.74, 6) is -0.935. The van der Waals surface area contributed by atoms with E-state index < -0.39 is 23.5 Å². The van der Waals surface area contributed by atoms with E-state index in [0.29, 0.717) is 0 Å². The summed E-state index contributed by atoms with van der Waals surface area (Å²) in [7, 11) is 1.18. The van der Waals surface area contributed by atoms with E-state index in [1.54, 1.807) is 6.07 Å². The third-order valence-electron chi connectivity index (χ3n) is 2.18. The fourth-order valence-corrected chi connectivity index (χ4v) is 1.33. The summed E-state index contributed by atoms with van der Waals surface area (Å²) in [6.45, 7) is 0. The van der Waals surface area contributed by atoms with Crippen LogP contribution in [0.1, 0.15) is 17.2 Å². The summed E-state index contributed by atoms with van der Waals surface area (Å²) in [6, 6.07) is 1.41. The van der Waals surface area contributed by atoms with Crippen molar-refractivity contribution in [1.29, 1.82) is 5.26 Å². The van der Waals surface area contributed by atoms with Crippen LogP contribution in [-0.2, 0) is 0 Å². The van der Waals surface area contributed by atoms with Gasteiger partial charge in [0.1, 0.15) is 6.04 Å². The normalized spacial score (nSPS) is 12.9. The van der Waals surface area contributed by atoms with Gasteiger partial charge in [-0.2, -0.15) is 18.4 Å². The molecule has 0 unspecified atom stereocenters. The van der Waals surface area contributed by atoms with Crippen molar-refractivity contribution >= 4 is 0 Å². The van der Waals surface area contributed by atoms with Crippen LogP contribution in [0.15, 0.2) is 12.1 Å². The highest BCUT2D eigenvalue weighted by molar-refractivity contribution is 5.55. The van der Waals surface area contributed by atoms with Gasteiger partial charge in [-0.1, -0.05) is 0 Å². The summed E-state index contributed by atoms with van der Waals surface area (Å²) in [5.41, 5.74) is 3.96. The molecule has 7 heteroatoms. The molecule has 1 aromatic carbocycles. The quantitative estimate of drug-likeness (QED) is 0.834. The monoisotopic (exact) mass is 246 g/mol. The Balaban J connectivity index is 3.45. The summed E-state index contributed by atoms with van der Waals surface area (Å²) in [4.78, 5) is 0. The summed E-state index contributed by atoms with van der Waals surface area (Å²) in [6.07, 6.45) is -4.75. The van der Waals surface area contributed by atoms with Crippen LogP contribution < -0.4 is 10.5 Å². The maximum atomic E-state index is 12.5. The number of benzene rings is 1. The Hall–Kier alpha value is -1.94. The van der Waals surface area contributed by atoms with Gasteiger partial charge in [0.25, 0.3) is 0 Å². The van der Waals surface area contributed by atoms with Gasteiger partial charge in [-0.25, -0.2) is 0 Å². The Morgan fingerprint density at radius 3 is 2.47 bits per heavy atom. The molecule has 0 radical (unpaired) electrons. The summed E-state index contributed by atoms with van der Waals surface area (Å²) < 4.78 is 42.1. The van der Waals surface area contributed by atoms with Crippen molar-refractivity contribution in [3.8, 4) is 17.6 Å². The van der Waals surface area contributed by atoms with Gasteiger partial charge in [0.05, 0.1) is 18.7 Å². The molecular formula is C10H9F3N2O2. The number of phenols is 1. The largest absolute Gasteiger partial charge is 0.504 e. The minimum atomic E-state index is -4.75. The van der Waals surface area contributed by atoms with Crippen LogP contribution >= 0.6 is 0 Å². The van der Waals surface area contributed by atoms with Gasteiger partial charge in [-0.05, 0) is 12.1 Å². The molecule has 0 amide bonds. The molecule has 0 heterocycles. The molecule has 0 aliphatic rings. The highest BCUT2D eigenvalue weighted by Crippen LogP contribution is 2.41. The third kappa shape index (κ3) is 2.42. The van der Waals surface area contributed by atoms with E-state index in [1.165, 1.54) is 13.2 Å². The Bertz CT molecular complexity index is 466. The molecule has 4 nitrogen and oxygen atoms in total. The molecule has 0 aliphatic heterocycles. The molecule has 1 aromatic rings. The molecule has 1 atom stereocenters. The summed E-state index contributed by atoms with van der Waals surface area (Å²) in [5, 5.41) is 18.3. The minimum Gasteiger partial charge on any atom is -0.504 e. The number of hydrogen-bond donors (Lipinski definition) is 2. The van der Waals surface area contributed by atoms with E-state index in [4.69, 9.17) is 11.0 Å². The predicted octanol–water partition coefficient (Wildman–Crippen LogP) is 1.83. The topological polar surface area (TPSA) is 79.3 Å². The van der Waals surface area contributed by atoms with Gasteiger partial charge in [-0.3, -0.25) is 0 Å². The van der Waals surface area contributed by atoms with Crippen LogP contribution in [0, 0.1) is 11.3 Å². The van der Waals surface area contributed by atoms with Crippen molar-refractivity contribution in [2.45, 2.75) is 12.2 Å². The Morgan fingerprint density at radius 2 is 2.06 bits per heavy atom. The van der Waals surface area contributed by atoms with Crippen molar-refractivity contribution in [1.82, 2.24) is 0 Å². The molecule has 0 saturated heterocycles. The lowest BCUT2D eigenvalue weighted by molar-refractivity contribution is -0.149. The predicted molar refractivity (Wildman–Crippen MR) is 52.4 cm³/mol. The third-order valence-corrected chi connectivity index (χ3v) is 2.18. The van der Waals surface area contributed by atoms with Crippen LogP contribution in [-0.4, -0.2) is 18.4 Å². The first-order valence-corrected chi connectivity index (χ1v) is 4.45. The lowest BCUT2D eigenvalue weighted by atomic mass is 9.99. The van der Waals surface area contributed by atoms with E-state index in [2.05, 4.69) is 4.74 Å². The lowest BCUT2D eigenvalue weighted by Crippen LogP contribution is -2.29. The van der Waals surface area contributed by atoms with Gasteiger partial charge in [0.15, 0.2) is 11.5 Å². The molecule has 0 fully saturated rings. The van der Waals surface area contributed by atoms with E-state index in [-0.39, 0.29) is 11.3 Å². The van der Waals surface area contributed by atoms with Crippen LogP contribution in [0.3, 0.4) is 0 Å². The smallest absolute Gasteiger partial charge is 0.407 e. The average Bonchev–Trinajstić information content (AvgIpc) is 2.26. The van der Waals surface area contributed by atoms with Crippen LogP contribution in [0.2, 0.25) is 0 Å². The molecule has 1 rings (SSSR count). The van der Waals surface area contributed by atoms with Crippen LogP contribution in [0.5, 0.6) is 11.5 Å². The number of nitriles is 1. The highest BCUT2D eigenvalue weighted by Gasteiger charge is 2.41. The molecule has 0 bridgehead atoms. The van der Waals surface area contributed by atoms with Gasteiger partial charge in [-0.15, -0.1) is 0 Å². The molecule has 92 valence electrons. The lowest BCUT2D eigenvalue weighted by Gasteiger charge is -2.19. The number of ether oxygens (including phenoxy) is 1. The fraction of sp³-hybridized carbons (Fsp3) is 0.300. The van der Waals surface area contributed by atoms with Gasteiger partial charge >= 0.3 is 6.18 Å². The minimum absolute atomic E-state index is 0.168. The first-order chi connectivity index (χ1) is 7.82. The first-order valence-electron chi connectivity index (χ1n) is 4.45. The van der Waals surface area contributed by atoms with E-state index in [1.807, 2.05) is 0 Å². The van der Waals surface area contributed by atoms with E-state index in [9.17, 15) is 18.3 Å². The zero-order valence-electron chi connectivity index (χ0n) is 8.75. The Morgan fingerprint density at radius 1 is 1.47 bits per heavy atom. The van der Waals surface area contributed by atoms with Crippen LogP contribution in [0.4, 0.5) is 13.2 Å². The number of halogens is 3. The number of nitrogens with zero attached hydrogens (tertiary/aromatic N) is 1. The number of nitrogens with two attached hydrogens (primary N) is 1. The molecule has 17 heavy (non-hydrogen) atoms. The zero-order valence-corrected chi connectivity index (χ0v) is 8.75. The molecule has 0 aliphatic carbocycles. The molecule has 3 N–H and O–H groups in total. The maximum absolute atomic E-state index is 12.5. The van der Waals surface area contributed by atoms with E-state index in [0.717, 1.165) is 6.07 Å². The maximum Gasteiger partial charge on any atom is 0.407 e. The second kappa shape index (κ2) is 4.51. The fourth-order valence-electron chi connectivity index (χ4n) is 1.33. The Labute approximate surface area is 95.0 Å². The summed E-state index contributed by atoms with van der Waals surface area (Å²) >= 11 is 0. The van der Waals surface area contributed by atoms with Gasteiger partial charge < -0.3 is 15.6 Å². The van der Waals surface area contributed by atoms with E-state index >= 15 is 0 Å². The Kier molecular flexibility index (Phi) is 3.48. The van der Waals surface area contributed by atoms with Crippen molar-refractivity contribution < 1.29 is 23.0 Å². The zero-order chi connectivity index (χ0) is 13.2. The number of rotatable bonds is 2. The number of alkyl halides is 3. The van der Waals surface area contributed by atoms with Gasteiger partial charge in [0.2, 0.25) is 0 Å². The average molecular weight is 246 g/mol. The highest BCUT2D eigenvalue weighted by atomic mass is 19.4. The van der Waals surface area contributed by atoms with Crippen LogP contribution in [0.25, 0.3) is 0 Å². The first kappa shape index (κ1) is 13.1. The molecular weight excluding hydrogens is 237 g/mol. The molecule has 0 aromatic heterocycles. The van der Waals surface area contributed by atoms with Crippen molar-refractivity contribution in [2.24, 2.45) is 5.73 Å². The molecule has 0 spiro atoms. The standard InChI is InChI=1S/C10H9F3N2O2/c1-17-6-3-2-5(4-14)7(8(6)16)9(15)10(11,12)13/h2-3,9,16H,15H2,1H3/t9-/m1/s1. The second-order valence-electron chi connectivity index (χ2n) is 3.21. The number of phenolic OH excluding ortho intramolecular Hbond substituents is 1. The van der Waals surface area contributed by atoms with Crippen molar-refractivity contribution in [2.75, 3.05) is 7.11 Å². The second-order valence-corrected chi connectivity index (χ2v) is 3.21. The van der Waals surface area contributed by atoms with Crippen molar-refractivity contribution in [3.63, 3.8) is 0 Å². The number of methoxy groups -OCH3 is 1. The van der Waals surface area contributed by atoms with Crippen molar-refractivity contribution in [3.05, 3.63) is 23.3 Å². The SMILES string of the molecule is COc1ccc(C#N)c([C@@H](N)C(F)(F)F)c1O. The number of hydrogen-bond acceptors (Lipinski definition) is 4.